The molecule has 8 heteroatoms. The third-order valence-corrected chi connectivity index (χ3v) is 5.36. The van der Waals surface area contributed by atoms with Crippen LogP contribution in [0.2, 0.25) is 5.02 Å². The Morgan fingerprint density at radius 2 is 1.96 bits per heavy atom. The molecule has 0 aromatic heterocycles. The number of carbonyl (C=O) groups excluding carboxylic acids is 2. The fourth-order valence-electron chi connectivity index (χ4n) is 3.61. The maximum absolute atomic E-state index is 13.4. The maximum atomic E-state index is 13.4. The molecular weight excluding hydrogens is 370 g/mol. The molecule has 0 bridgehead atoms. The van der Waals surface area contributed by atoms with E-state index in [1.165, 1.54) is 5.48 Å². The number of piperazine rings is 1. The number of hydrogen-bond acceptors (Lipinski definition) is 5. The van der Waals surface area contributed by atoms with Crippen molar-refractivity contribution in [2.24, 2.45) is 11.8 Å². The van der Waals surface area contributed by atoms with E-state index in [4.69, 9.17) is 16.8 Å². The molecule has 150 valence electrons. The number of amides is 2. The van der Waals surface area contributed by atoms with Crippen molar-refractivity contribution in [2.75, 3.05) is 19.6 Å². The third kappa shape index (κ3) is 4.79. The minimum absolute atomic E-state index is 0.0878. The summed E-state index contributed by atoms with van der Waals surface area (Å²) in [4.78, 5) is 26.9. The van der Waals surface area contributed by atoms with Gasteiger partial charge in [-0.25, -0.2) is 5.48 Å². The molecule has 1 aliphatic rings. The van der Waals surface area contributed by atoms with Gasteiger partial charge in [0.15, 0.2) is 0 Å². The zero-order valence-corrected chi connectivity index (χ0v) is 16.7. The Labute approximate surface area is 164 Å². The molecule has 1 aliphatic heterocycles. The predicted molar refractivity (Wildman–Crippen MR) is 102 cm³/mol. The number of hydrogen-bond donors (Lipinski definition) is 4. The Morgan fingerprint density at radius 1 is 1.33 bits per heavy atom. The first-order valence-electron chi connectivity index (χ1n) is 9.11. The van der Waals surface area contributed by atoms with Gasteiger partial charge in [-0.2, -0.15) is 0 Å². The van der Waals surface area contributed by atoms with E-state index in [0.717, 1.165) is 5.56 Å². The largest absolute Gasteiger partial charge is 0.382 e. The van der Waals surface area contributed by atoms with Crippen LogP contribution in [0.15, 0.2) is 24.3 Å². The molecule has 4 N–H and O–H groups in total. The Morgan fingerprint density at radius 3 is 2.52 bits per heavy atom. The first kappa shape index (κ1) is 21.6. The second-order valence-electron chi connectivity index (χ2n) is 7.60. The van der Waals surface area contributed by atoms with Crippen molar-refractivity contribution in [3.8, 4) is 0 Å². The molecule has 0 saturated carbocycles. The van der Waals surface area contributed by atoms with Crippen LogP contribution in [0.1, 0.15) is 32.8 Å². The summed E-state index contributed by atoms with van der Waals surface area (Å²) in [7, 11) is 0. The second kappa shape index (κ2) is 9.01. The Hall–Kier alpha value is -1.67. The van der Waals surface area contributed by atoms with Crippen LogP contribution in [0.25, 0.3) is 0 Å². The van der Waals surface area contributed by atoms with Crippen molar-refractivity contribution in [1.29, 1.82) is 0 Å². The van der Waals surface area contributed by atoms with Crippen molar-refractivity contribution >= 4 is 23.4 Å². The highest BCUT2D eigenvalue weighted by Gasteiger charge is 2.44. The number of nitrogens with one attached hydrogen (secondary N) is 2. The molecule has 7 nitrogen and oxygen atoms in total. The van der Waals surface area contributed by atoms with Crippen LogP contribution in [0.4, 0.5) is 0 Å². The van der Waals surface area contributed by atoms with E-state index < -0.39 is 23.5 Å². The molecule has 1 heterocycles. The molecule has 3 atom stereocenters. The molecule has 2 amide bonds. The average molecular weight is 398 g/mol. The van der Waals surface area contributed by atoms with Gasteiger partial charge in [0.1, 0.15) is 6.10 Å². The molecule has 1 fully saturated rings. The smallest absolute Gasteiger partial charge is 0.272 e. The standard InChI is InChI=1S/C19H28ClN3O4/c1-12(2)10-15(16(24)17(25)22-27)18(26)23-9-8-21-11-19(23,3)13-4-6-14(20)7-5-13/h4-7,12,15-16,21,24,27H,8-11H2,1-3H3,(H,22,25)/t15-,16-,19-/m0/s1. The molecule has 2 rings (SSSR count). The number of hydroxylamine groups is 1. The van der Waals surface area contributed by atoms with Gasteiger partial charge in [0, 0.05) is 24.7 Å². The van der Waals surface area contributed by atoms with Gasteiger partial charge in [-0.3, -0.25) is 14.8 Å². The van der Waals surface area contributed by atoms with Crippen LogP contribution in [-0.4, -0.2) is 52.8 Å². The van der Waals surface area contributed by atoms with Gasteiger partial charge in [0.2, 0.25) is 5.91 Å². The molecule has 0 spiro atoms. The maximum Gasteiger partial charge on any atom is 0.272 e. The van der Waals surface area contributed by atoms with Gasteiger partial charge in [-0.15, -0.1) is 0 Å². The average Bonchev–Trinajstić information content (AvgIpc) is 2.65. The highest BCUT2D eigenvalue weighted by atomic mass is 35.5. The summed E-state index contributed by atoms with van der Waals surface area (Å²) in [5.74, 6) is -2.14. The SMILES string of the molecule is CC(C)C[C@H](C(=O)N1CCNC[C@@]1(C)c1ccc(Cl)cc1)[C@H](O)C(=O)NO. The topological polar surface area (TPSA) is 102 Å². The van der Waals surface area contributed by atoms with Gasteiger partial charge < -0.3 is 15.3 Å². The van der Waals surface area contributed by atoms with E-state index in [1.54, 1.807) is 17.0 Å². The van der Waals surface area contributed by atoms with Gasteiger partial charge in [-0.1, -0.05) is 37.6 Å². The predicted octanol–water partition coefficient (Wildman–Crippen LogP) is 1.52. The highest BCUT2D eigenvalue weighted by molar-refractivity contribution is 6.30. The number of aliphatic hydroxyl groups excluding tert-OH is 1. The van der Waals surface area contributed by atoms with Crippen LogP contribution in [0.5, 0.6) is 0 Å². The quantitative estimate of drug-likeness (QED) is 0.430. The molecule has 0 radical (unpaired) electrons. The number of halogens is 1. The lowest BCUT2D eigenvalue weighted by molar-refractivity contribution is -0.155. The third-order valence-electron chi connectivity index (χ3n) is 5.11. The van der Waals surface area contributed by atoms with E-state index in [9.17, 15) is 14.7 Å². The van der Waals surface area contributed by atoms with Gasteiger partial charge >= 0.3 is 0 Å². The lowest BCUT2D eigenvalue weighted by Crippen LogP contribution is -2.62. The Bertz CT molecular complexity index is 667. The number of benzene rings is 1. The molecule has 1 saturated heterocycles. The van der Waals surface area contributed by atoms with Crippen molar-refractivity contribution in [3.63, 3.8) is 0 Å². The highest BCUT2D eigenvalue weighted by Crippen LogP contribution is 2.33. The second-order valence-corrected chi connectivity index (χ2v) is 8.04. The van der Waals surface area contributed by atoms with Crippen molar-refractivity contribution < 1.29 is 19.9 Å². The van der Waals surface area contributed by atoms with Gasteiger partial charge in [0.05, 0.1) is 11.5 Å². The minimum atomic E-state index is -1.62. The van der Waals surface area contributed by atoms with E-state index >= 15 is 0 Å². The molecule has 0 aliphatic carbocycles. The number of aliphatic hydroxyl groups is 1. The van der Waals surface area contributed by atoms with Crippen molar-refractivity contribution in [3.05, 3.63) is 34.9 Å². The molecule has 1 aromatic rings. The molecule has 27 heavy (non-hydrogen) atoms. The van der Waals surface area contributed by atoms with Crippen LogP contribution < -0.4 is 10.8 Å². The summed E-state index contributed by atoms with van der Waals surface area (Å²) in [6, 6.07) is 7.31. The minimum Gasteiger partial charge on any atom is -0.382 e. The zero-order valence-electron chi connectivity index (χ0n) is 15.9. The summed E-state index contributed by atoms with van der Waals surface area (Å²) in [6.07, 6.45) is -1.29. The summed E-state index contributed by atoms with van der Waals surface area (Å²) in [5.41, 5.74) is 1.71. The first-order chi connectivity index (χ1) is 12.7. The monoisotopic (exact) mass is 397 g/mol. The Balaban J connectivity index is 2.38. The zero-order chi connectivity index (χ0) is 20.2. The van der Waals surface area contributed by atoms with Crippen LogP contribution in [0, 0.1) is 11.8 Å². The van der Waals surface area contributed by atoms with E-state index in [-0.39, 0.29) is 11.8 Å². The lowest BCUT2D eigenvalue weighted by Gasteiger charge is -2.47. The van der Waals surface area contributed by atoms with E-state index in [1.807, 2.05) is 32.9 Å². The first-order valence-corrected chi connectivity index (χ1v) is 9.48. The number of carbonyl (C=O) groups is 2. The molecule has 1 aromatic carbocycles. The van der Waals surface area contributed by atoms with Crippen LogP contribution in [-0.2, 0) is 15.1 Å². The van der Waals surface area contributed by atoms with E-state index in [2.05, 4.69) is 5.32 Å². The summed E-state index contributed by atoms with van der Waals surface area (Å²) in [5, 5.41) is 23.1. The normalized spacial score (nSPS) is 22.4. The summed E-state index contributed by atoms with van der Waals surface area (Å²) >= 11 is 6.00. The lowest BCUT2D eigenvalue weighted by atomic mass is 9.84. The number of nitrogens with zero attached hydrogens (tertiary/aromatic N) is 1. The fraction of sp³-hybridized carbons (Fsp3) is 0.579. The fourth-order valence-corrected chi connectivity index (χ4v) is 3.73. The number of rotatable bonds is 6. The Kier molecular flexibility index (Phi) is 7.22. The van der Waals surface area contributed by atoms with Gasteiger partial charge in [0.25, 0.3) is 5.91 Å². The van der Waals surface area contributed by atoms with Crippen molar-refractivity contribution in [2.45, 2.75) is 38.8 Å². The van der Waals surface area contributed by atoms with Crippen LogP contribution >= 0.6 is 11.6 Å². The van der Waals surface area contributed by atoms with Crippen molar-refractivity contribution in [1.82, 2.24) is 15.7 Å². The van der Waals surface area contributed by atoms with Crippen LogP contribution in [0.3, 0.4) is 0 Å². The van der Waals surface area contributed by atoms with Gasteiger partial charge in [-0.05, 0) is 37.0 Å². The summed E-state index contributed by atoms with van der Waals surface area (Å²) in [6.45, 7) is 7.38. The summed E-state index contributed by atoms with van der Waals surface area (Å²) < 4.78 is 0. The van der Waals surface area contributed by atoms with E-state index in [0.29, 0.717) is 31.1 Å². The molecular formula is C19H28ClN3O4. The molecule has 0 unspecified atom stereocenters.